The number of benzene rings is 1. The Balaban J connectivity index is 1.58. The van der Waals surface area contributed by atoms with E-state index >= 15 is 0 Å². The summed E-state index contributed by atoms with van der Waals surface area (Å²) in [6.07, 6.45) is 3.78. The molecule has 1 aliphatic heterocycles. The average molecular weight is 298 g/mol. The van der Waals surface area contributed by atoms with Gasteiger partial charge in [0.25, 0.3) is 5.91 Å². The Morgan fingerprint density at radius 2 is 2.14 bits per heavy atom. The van der Waals surface area contributed by atoms with Gasteiger partial charge in [-0.3, -0.25) is 4.79 Å². The monoisotopic (exact) mass is 298 g/mol. The standard InChI is InChI=1S/C18H22N2O2/c1-2-11-22-13-14-7-9-20(10-8-14)18(21)17-12-15-5-3-4-6-16(15)19-17/h2-6,12,14,19H,1,7-11,13H2. The molecule has 2 aromatic rings. The number of likely N-dealkylation sites (tertiary alicyclic amines) is 1. The second-order valence-corrected chi connectivity index (χ2v) is 5.83. The van der Waals surface area contributed by atoms with E-state index in [0.29, 0.717) is 18.2 Å². The molecule has 0 spiro atoms. The fourth-order valence-electron chi connectivity index (χ4n) is 2.98. The van der Waals surface area contributed by atoms with Crippen LogP contribution in [0.5, 0.6) is 0 Å². The number of nitrogens with zero attached hydrogens (tertiary/aromatic N) is 1. The number of aromatic nitrogens is 1. The van der Waals surface area contributed by atoms with Crippen LogP contribution in [0, 0.1) is 5.92 Å². The fraction of sp³-hybridized carbons (Fsp3) is 0.389. The van der Waals surface area contributed by atoms with Crippen molar-refractivity contribution in [3.05, 3.63) is 48.7 Å². The predicted molar refractivity (Wildman–Crippen MR) is 87.9 cm³/mol. The molecular formula is C18H22N2O2. The van der Waals surface area contributed by atoms with E-state index in [1.54, 1.807) is 6.08 Å². The number of piperidine rings is 1. The molecular weight excluding hydrogens is 276 g/mol. The SMILES string of the molecule is C=CCOCC1CCN(C(=O)c2cc3ccccc3[nH]2)CC1. The highest BCUT2D eigenvalue weighted by Crippen LogP contribution is 2.21. The molecule has 0 atom stereocenters. The van der Waals surface area contributed by atoms with E-state index in [2.05, 4.69) is 11.6 Å². The molecule has 0 radical (unpaired) electrons. The van der Waals surface area contributed by atoms with Crippen LogP contribution in [0.3, 0.4) is 0 Å². The van der Waals surface area contributed by atoms with E-state index in [-0.39, 0.29) is 5.91 Å². The van der Waals surface area contributed by atoms with Crippen LogP contribution in [-0.4, -0.2) is 42.1 Å². The van der Waals surface area contributed by atoms with E-state index in [1.807, 2.05) is 35.2 Å². The van der Waals surface area contributed by atoms with Crippen molar-refractivity contribution in [2.75, 3.05) is 26.3 Å². The van der Waals surface area contributed by atoms with Crippen molar-refractivity contribution >= 4 is 16.8 Å². The molecule has 4 nitrogen and oxygen atoms in total. The Labute approximate surface area is 130 Å². The molecule has 1 aromatic heterocycles. The van der Waals surface area contributed by atoms with Gasteiger partial charge in [-0.25, -0.2) is 0 Å². The number of H-pyrrole nitrogens is 1. The quantitative estimate of drug-likeness (QED) is 0.680. The number of ether oxygens (including phenoxy) is 1. The van der Waals surface area contributed by atoms with Gasteiger partial charge in [-0.05, 0) is 30.9 Å². The number of carbonyl (C=O) groups excluding carboxylic acids is 1. The lowest BCUT2D eigenvalue weighted by molar-refractivity contribution is 0.0572. The Bertz CT molecular complexity index is 621. The summed E-state index contributed by atoms with van der Waals surface area (Å²) in [7, 11) is 0. The predicted octanol–water partition coefficient (Wildman–Crippen LogP) is 3.22. The van der Waals surface area contributed by atoms with E-state index < -0.39 is 0 Å². The van der Waals surface area contributed by atoms with E-state index in [4.69, 9.17) is 4.74 Å². The number of rotatable bonds is 5. The Hall–Kier alpha value is -2.07. The highest BCUT2D eigenvalue weighted by molar-refractivity contribution is 5.98. The van der Waals surface area contributed by atoms with Crippen molar-refractivity contribution in [2.24, 2.45) is 5.92 Å². The summed E-state index contributed by atoms with van der Waals surface area (Å²) < 4.78 is 5.51. The number of fused-ring (bicyclic) bond motifs is 1. The van der Waals surface area contributed by atoms with Gasteiger partial charge < -0.3 is 14.6 Å². The van der Waals surface area contributed by atoms with Crippen molar-refractivity contribution in [3.8, 4) is 0 Å². The summed E-state index contributed by atoms with van der Waals surface area (Å²) in [5.41, 5.74) is 1.70. The zero-order chi connectivity index (χ0) is 15.4. The molecule has 2 heterocycles. The zero-order valence-corrected chi connectivity index (χ0v) is 12.8. The number of carbonyl (C=O) groups is 1. The maximum atomic E-state index is 12.6. The Morgan fingerprint density at radius 1 is 1.36 bits per heavy atom. The first-order valence-electron chi connectivity index (χ1n) is 7.83. The summed E-state index contributed by atoms with van der Waals surface area (Å²) >= 11 is 0. The summed E-state index contributed by atoms with van der Waals surface area (Å²) in [5.74, 6) is 0.647. The molecule has 1 saturated heterocycles. The smallest absolute Gasteiger partial charge is 0.270 e. The number of para-hydroxylation sites is 1. The minimum Gasteiger partial charge on any atom is -0.377 e. The van der Waals surface area contributed by atoms with Crippen LogP contribution in [0.15, 0.2) is 43.0 Å². The molecule has 22 heavy (non-hydrogen) atoms. The van der Waals surface area contributed by atoms with Gasteiger partial charge in [0.1, 0.15) is 5.69 Å². The lowest BCUT2D eigenvalue weighted by Crippen LogP contribution is -2.39. The van der Waals surface area contributed by atoms with E-state index in [9.17, 15) is 4.79 Å². The maximum Gasteiger partial charge on any atom is 0.270 e. The van der Waals surface area contributed by atoms with Crippen LogP contribution in [0.4, 0.5) is 0 Å². The van der Waals surface area contributed by atoms with Gasteiger partial charge >= 0.3 is 0 Å². The molecule has 1 N–H and O–H groups in total. The Morgan fingerprint density at radius 3 is 2.86 bits per heavy atom. The molecule has 1 amide bonds. The molecule has 4 heteroatoms. The topological polar surface area (TPSA) is 45.3 Å². The molecule has 3 rings (SSSR count). The van der Waals surface area contributed by atoms with Crippen LogP contribution in [0.25, 0.3) is 10.9 Å². The van der Waals surface area contributed by atoms with Gasteiger partial charge in [-0.15, -0.1) is 6.58 Å². The van der Waals surface area contributed by atoms with Crippen molar-refractivity contribution in [3.63, 3.8) is 0 Å². The van der Waals surface area contributed by atoms with Crippen LogP contribution < -0.4 is 0 Å². The molecule has 1 aliphatic rings. The van der Waals surface area contributed by atoms with Crippen molar-refractivity contribution in [1.82, 2.24) is 9.88 Å². The first kappa shape index (κ1) is 14.9. The highest BCUT2D eigenvalue weighted by Gasteiger charge is 2.24. The van der Waals surface area contributed by atoms with Crippen LogP contribution in [-0.2, 0) is 4.74 Å². The lowest BCUT2D eigenvalue weighted by Gasteiger charge is -2.31. The summed E-state index contributed by atoms with van der Waals surface area (Å²) in [6.45, 7) is 6.62. The third-order valence-corrected chi connectivity index (χ3v) is 4.25. The highest BCUT2D eigenvalue weighted by atomic mass is 16.5. The normalized spacial score (nSPS) is 16.1. The molecule has 0 unspecified atom stereocenters. The summed E-state index contributed by atoms with van der Waals surface area (Å²) in [4.78, 5) is 17.7. The summed E-state index contributed by atoms with van der Waals surface area (Å²) in [6, 6.07) is 9.92. The van der Waals surface area contributed by atoms with Gasteiger partial charge in [0.15, 0.2) is 0 Å². The maximum absolute atomic E-state index is 12.6. The number of hydrogen-bond donors (Lipinski definition) is 1. The van der Waals surface area contributed by atoms with Gasteiger partial charge in [0.2, 0.25) is 0 Å². The number of hydrogen-bond acceptors (Lipinski definition) is 2. The fourth-order valence-corrected chi connectivity index (χ4v) is 2.98. The molecule has 0 aliphatic carbocycles. The molecule has 1 fully saturated rings. The molecule has 1 aromatic carbocycles. The molecule has 0 bridgehead atoms. The van der Waals surface area contributed by atoms with E-state index in [0.717, 1.165) is 43.4 Å². The number of nitrogens with one attached hydrogen (secondary N) is 1. The zero-order valence-electron chi connectivity index (χ0n) is 12.8. The molecule has 116 valence electrons. The Kier molecular flexibility index (Phi) is 4.59. The average Bonchev–Trinajstić information content (AvgIpc) is 2.99. The van der Waals surface area contributed by atoms with Crippen LogP contribution >= 0.6 is 0 Å². The second-order valence-electron chi connectivity index (χ2n) is 5.83. The van der Waals surface area contributed by atoms with Crippen molar-refractivity contribution < 1.29 is 9.53 Å². The van der Waals surface area contributed by atoms with Crippen molar-refractivity contribution in [2.45, 2.75) is 12.8 Å². The van der Waals surface area contributed by atoms with Gasteiger partial charge in [0.05, 0.1) is 6.61 Å². The minimum absolute atomic E-state index is 0.0988. The van der Waals surface area contributed by atoms with Crippen molar-refractivity contribution in [1.29, 1.82) is 0 Å². The third-order valence-electron chi connectivity index (χ3n) is 4.25. The molecule has 0 saturated carbocycles. The van der Waals surface area contributed by atoms with Gasteiger partial charge in [-0.1, -0.05) is 24.3 Å². The number of aromatic amines is 1. The second kappa shape index (κ2) is 6.79. The first-order valence-corrected chi connectivity index (χ1v) is 7.83. The number of amides is 1. The first-order chi connectivity index (χ1) is 10.8. The van der Waals surface area contributed by atoms with Crippen LogP contribution in [0.2, 0.25) is 0 Å². The van der Waals surface area contributed by atoms with Crippen LogP contribution in [0.1, 0.15) is 23.3 Å². The van der Waals surface area contributed by atoms with Gasteiger partial charge in [-0.2, -0.15) is 0 Å². The van der Waals surface area contributed by atoms with E-state index in [1.165, 1.54) is 0 Å². The van der Waals surface area contributed by atoms with Gasteiger partial charge in [0, 0.05) is 30.6 Å². The third kappa shape index (κ3) is 3.22. The largest absolute Gasteiger partial charge is 0.377 e. The summed E-state index contributed by atoms with van der Waals surface area (Å²) in [5, 5.41) is 1.08. The lowest BCUT2D eigenvalue weighted by atomic mass is 9.97. The minimum atomic E-state index is 0.0988.